The molecule has 2 aromatic rings. The fourth-order valence-corrected chi connectivity index (χ4v) is 8.63. The topological polar surface area (TPSA) is 9.23 Å². The summed E-state index contributed by atoms with van der Waals surface area (Å²) < 4.78 is 6.97. The van der Waals surface area contributed by atoms with Gasteiger partial charge in [-0.25, -0.2) is 0 Å². The van der Waals surface area contributed by atoms with E-state index in [1.54, 1.807) is 0 Å². The first kappa shape index (κ1) is 17.8. The predicted octanol–water partition coefficient (Wildman–Crippen LogP) is 4.27. The molecule has 0 bridgehead atoms. The molecule has 0 aliphatic heterocycles. The van der Waals surface area contributed by atoms with E-state index in [1.807, 2.05) is 0 Å². The van der Waals surface area contributed by atoms with E-state index in [4.69, 9.17) is 4.43 Å². The minimum Gasteiger partial charge on any atom is -0.407 e. The zero-order valence-corrected chi connectivity index (χ0v) is 16.9. The summed E-state index contributed by atoms with van der Waals surface area (Å²) in [6.07, 6.45) is 2.49. The SMILES string of the molecule is CC(C)(C)[Si](OCC1(CS)CC1)(c1ccccc1)c1ccccc1. The summed E-state index contributed by atoms with van der Waals surface area (Å²) >= 11 is 4.58. The zero-order chi connectivity index (χ0) is 17.3. The van der Waals surface area contributed by atoms with E-state index < -0.39 is 8.32 Å². The van der Waals surface area contributed by atoms with E-state index in [9.17, 15) is 0 Å². The molecule has 0 unspecified atom stereocenters. The Balaban J connectivity index is 2.10. The number of benzene rings is 2. The van der Waals surface area contributed by atoms with Gasteiger partial charge in [0.2, 0.25) is 0 Å². The largest absolute Gasteiger partial charge is 0.407 e. The molecule has 1 aliphatic rings. The van der Waals surface area contributed by atoms with Crippen LogP contribution in [0.5, 0.6) is 0 Å². The molecule has 0 radical (unpaired) electrons. The van der Waals surface area contributed by atoms with Gasteiger partial charge in [0, 0.05) is 12.0 Å². The minimum atomic E-state index is -2.37. The normalized spacial score (nSPS) is 16.8. The summed E-state index contributed by atoms with van der Waals surface area (Å²) in [5, 5.41) is 2.78. The number of rotatable bonds is 6. The number of thiol groups is 1. The molecule has 0 aromatic heterocycles. The molecule has 0 amide bonds. The lowest BCUT2D eigenvalue weighted by Crippen LogP contribution is -2.67. The van der Waals surface area contributed by atoms with Crippen LogP contribution in [0.25, 0.3) is 0 Å². The van der Waals surface area contributed by atoms with Crippen LogP contribution in [0.4, 0.5) is 0 Å². The van der Waals surface area contributed by atoms with E-state index in [0.29, 0.717) is 5.41 Å². The second kappa shape index (κ2) is 6.70. The van der Waals surface area contributed by atoms with Gasteiger partial charge in [0.25, 0.3) is 8.32 Å². The van der Waals surface area contributed by atoms with Gasteiger partial charge < -0.3 is 4.43 Å². The van der Waals surface area contributed by atoms with Gasteiger partial charge in [-0.15, -0.1) is 0 Å². The van der Waals surface area contributed by atoms with Gasteiger partial charge in [0.1, 0.15) is 0 Å². The van der Waals surface area contributed by atoms with Crippen molar-refractivity contribution in [3.05, 3.63) is 60.7 Å². The lowest BCUT2D eigenvalue weighted by molar-refractivity contribution is 0.236. The average molecular weight is 357 g/mol. The molecule has 24 heavy (non-hydrogen) atoms. The highest BCUT2D eigenvalue weighted by Gasteiger charge is 2.52. The minimum absolute atomic E-state index is 0.0579. The predicted molar refractivity (Wildman–Crippen MR) is 109 cm³/mol. The van der Waals surface area contributed by atoms with E-state index in [0.717, 1.165) is 12.4 Å². The Morgan fingerprint density at radius 2 is 1.38 bits per heavy atom. The molecule has 0 N–H and O–H groups in total. The monoisotopic (exact) mass is 356 g/mol. The van der Waals surface area contributed by atoms with Crippen molar-refractivity contribution in [1.82, 2.24) is 0 Å². The molecule has 2 aromatic carbocycles. The van der Waals surface area contributed by atoms with Crippen molar-refractivity contribution in [3.8, 4) is 0 Å². The maximum absolute atomic E-state index is 6.97. The third-order valence-corrected chi connectivity index (χ3v) is 11.0. The third kappa shape index (κ3) is 3.22. The molecular weight excluding hydrogens is 328 g/mol. The molecule has 0 heterocycles. The molecular formula is C21H28OSSi. The Kier molecular flexibility index (Phi) is 4.96. The van der Waals surface area contributed by atoms with Crippen molar-refractivity contribution >= 4 is 31.3 Å². The molecule has 3 rings (SSSR count). The maximum atomic E-state index is 6.97. The highest BCUT2D eigenvalue weighted by atomic mass is 32.1. The number of hydrogen-bond donors (Lipinski definition) is 1. The Labute approximate surface area is 153 Å². The van der Waals surface area contributed by atoms with Crippen molar-refractivity contribution in [2.75, 3.05) is 12.4 Å². The summed E-state index contributed by atoms with van der Waals surface area (Å²) in [6, 6.07) is 21.8. The van der Waals surface area contributed by atoms with Crippen molar-refractivity contribution in [2.45, 2.75) is 38.7 Å². The molecule has 1 fully saturated rings. The van der Waals surface area contributed by atoms with E-state index >= 15 is 0 Å². The van der Waals surface area contributed by atoms with Crippen LogP contribution >= 0.6 is 12.6 Å². The van der Waals surface area contributed by atoms with Gasteiger partial charge in [-0.2, -0.15) is 12.6 Å². The molecule has 0 saturated heterocycles. The Bertz CT molecular complexity index is 620. The van der Waals surface area contributed by atoms with E-state index in [-0.39, 0.29) is 5.04 Å². The first-order valence-electron chi connectivity index (χ1n) is 8.79. The molecule has 0 atom stereocenters. The smallest absolute Gasteiger partial charge is 0.261 e. The first-order valence-corrected chi connectivity index (χ1v) is 11.3. The quantitative estimate of drug-likeness (QED) is 0.600. The van der Waals surface area contributed by atoms with Crippen LogP contribution in [-0.4, -0.2) is 20.7 Å². The van der Waals surface area contributed by atoms with Crippen molar-refractivity contribution in [3.63, 3.8) is 0 Å². The summed E-state index contributed by atoms with van der Waals surface area (Å²) in [5.74, 6) is 0.922. The molecule has 3 heteroatoms. The molecule has 0 spiro atoms. The fourth-order valence-electron chi connectivity index (χ4n) is 3.55. The lowest BCUT2D eigenvalue weighted by atomic mass is 10.2. The van der Waals surface area contributed by atoms with E-state index in [2.05, 4.69) is 94.1 Å². The van der Waals surface area contributed by atoms with E-state index in [1.165, 1.54) is 23.2 Å². The maximum Gasteiger partial charge on any atom is 0.261 e. The summed E-state index contributed by atoms with van der Waals surface area (Å²) in [7, 11) is -2.37. The first-order chi connectivity index (χ1) is 11.4. The second-order valence-corrected chi connectivity index (χ2v) is 12.7. The summed E-state index contributed by atoms with van der Waals surface area (Å²) in [6.45, 7) is 7.82. The van der Waals surface area contributed by atoms with Gasteiger partial charge >= 0.3 is 0 Å². The fraction of sp³-hybridized carbons (Fsp3) is 0.429. The van der Waals surface area contributed by atoms with Gasteiger partial charge in [0.05, 0.1) is 0 Å². The van der Waals surface area contributed by atoms with Gasteiger partial charge in [-0.05, 0) is 34.0 Å². The highest BCUT2D eigenvalue weighted by Crippen LogP contribution is 2.48. The van der Waals surface area contributed by atoms with Gasteiger partial charge in [-0.3, -0.25) is 0 Å². The number of hydrogen-bond acceptors (Lipinski definition) is 2. The Morgan fingerprint density at radius 3 is 1.71 bits per heavy atom. The van der Waals surface area contributed by atoms with Crippen molar-refractivity contribution in [2.24, 2.45) is 5.41 Å². The molecule has 1 saturated carbocycles. The summed E-state index contributed by atoms with van der Waals surface area (Å²) in [4.78, 5) is 0. The average Bonchev–Trinajstić information content (AvgIpc) is 3.37. The van der Waals surface area contributed by atoms with Crippen LogP contribution in [0, 0.1) is 5.41 Å². The van der Waals surface area contributed by atoms with Crippen LogP contribution in [0.3, 0.4) is 0 Å². The molecule has 1 aliphatic carbocycles. The lowest BCUT2D eigenvalue weighted by Gasteiger charge is -2.43. The Morgan fingerprint density at radius 1 is 0.917 bits per heavy atom. The van der Waals surface area contributed by atoms with Crippen LogP contribution in [0.15, 0.2) is 60.7 Å². The van der Waals surface area contributed by atoms with Crippen LogP contribution in [0.2, 0.25) is 5.04 Å². The standard InChI is InChI=1S/C21H28OSSi/c1-20(2,3)24(18-10-6-4-7-11-18,19-12-8-5-9-13-19)22-16-21(17-23)14-15-21/h4-13,23H,14-17H2,1-3H3. The van der Waals surface area contributed by atoms with Gasteiger partial charge in [0.15, 0.2) is 0 Å². The zero-order valence-electron chi connectivity index (χ0n) is 15.0. The van der Waals surface area contributed by atoms with Crippen LogP contribution in [-0.2, 0) is 4.43 Å². The highest BCUT2D eigenvalue weighted by molar-refractivity contribution is 7.80. The second-order valence-electron chi connectivity index (χ2n) is 8.11. The third-order valence-electron chi connectivity index (χ3n) is 5.30. The van der Waals surface area contributed by atoms with Gasteiger partial charge in [-0.1, -0.05) is 81.4 Å². The molecule has 1 nitrogen and oxygen atoms in total. The molecule has 128 valence electrons. The summed E-state index contributed by atoms with van der Waals surface area (Å²) in [5.41, 5.74) is 0.302. The van der Waals surface area contributed by atoms with Crippen molar-refractivity contribution in [1.29, 1.82) is 0 Å². The van der Waals surface area contributed by atoms with Crippen molar-refractivity contribution < 1.29 is 4.43 Å². The van der Waals surface area contributed by atoms with Crippen LogP contribution < -0.4 is 10.4 Å². The Hall–Kier alpha value is -1.03. The van der Waals surface area contributed by atoms with Crippen LogP contribution in [0.1, 0.15) is 33.6 Å².